The number of ether oxygens (including phenoxy) is 1. The molecule has 1 aliphatic heterocycles. The number of aromatic amines is 1. The molecule has 2 N–H and O–H groups in total. The maximum atomic E-state index is 12.7. The molecule has 0 saturated heterocycles. The van der Waals surface area contributed by atoms with Gasteiger partial charge in [0.1, 0.15) is 11.3 Å². The number of aromatic nitrogens is 2. The van der Waals surface area contributed by atoms with E-state index in [1.165, 1.54) is 4.57 Å². The molecule has 1 aromatic heterocycles. The number of thioether (sulfide) groups is 1. The normalized spacial score (nSPS) is 15.9. The molecule has 0 bridgehead atoms. The minimum absolute atomic E-state index is 0.0548. The highest BCUT2D eigenvalue weighted by Gasteiger charge is 2.27. The maximum absolute atomic E-state index is 12.7. The van der Waals surface area contributed by atoms with Crippen LogP contribution in [0.1, 0.15) is 22.8 Å². The SMILES string of the molecule is COc1ccccc1[C@H]1CC(c2c(O)n(C)c(=S)[nH]c2=O)=Nc2ccccc2S1. The summed E-state index contributed by atoms with van der Waals surface area (Å²) >= 11 is 6.76. The summed E-state index contributed by atoms with van der Waals surface area (Å²) in [5.41, 5.74) is 1.95. The molecule has 3 aromatic rings. The number of methoxy groups -OCH3 is 1. The highest BCUT2D eigenvalue weighted by Crippen LogP contribution is 2.47. The van der Waals surface area contributed by atoms with Crippen molar-refractivity contribution in [3.8, 4) is 11.6 Å². The van der Waals surface area contributed by atoms with E-state index in [-0.39, 0.29) is 21.5 Å². The Hall–Kier alpha value is -2.84. The lowest BCUT2D eigenvalue weighted by molar-refractivity contribution is 0.409. The van der Waals surface area contributed by atoms with E-state index < -0.39 is 5.56 Å². The van der Waals surface area contributed by atoms with Crippen molar-refractivity contribution in [2.75, 3.05) is 7.11 Å². The van der Waals surface area contributed by atoms with Crippen molar-refractivity contribution in [2.45, 2.75) is 16.6 Å². The summed E-state index contributed by atoms with van der Waals surface area (Å²) in [7, 11) is 3.25. The number of benzene rings is 2. The Balaban J connectivity index is 1.93. The second-order valence-electron chi connectivity index (χ2n) is 6.60. The maximum Gasteiger partial charge on any atom is 0.264 e. The van der Waals surface area contributed by atoms with Crippen molar-refractivity contribution in [3.63, 3.8) is 0 Å². The molecule has 148 valence electrons. The predicted octanol–water partition coefficient (Wildman–Crippen LogP) is 4.51. The predicted molar refractivity (Wildman–Crippen MR) is 117 cm³/mol. The monoisotopic (exact) mass is 425 g/mol. The van der Waals surface area contributed by atoms with Crippen LogP contribution in [0.25, 0.3) is 0 Å². The zero-order valence-electron chi connectivity index (χ0n) is 15.9. The molecule has 0 radical (unpaired) electrons. The minimum Gasteiger partial charge on any atom is -0.496 e. The molecule has 6 nitrogen and oxygen atoms in total. The number of rotatable bonds is 3. The smallest absolute Gasteiger partial charge is 0.264 e. The Morgan fingerprint density at radius 2 is 1.97 bits per heavy atom. The molecule has 0 amide bonds. The van der Waals surface area contributed by atoms with Gasteiger partial charge >= 0.3 is 0 Å². The fourth-order valence-electron chi connectivity index (χ4n) is 3.34. The lowest BCUT2D eigenvalue weighted by Gasteiger charge is -2.19. The number of H-pyrrole nitrogens is 1. The second kappa shape index (κ2) is 7.88. The van der Waals surface area contributed by atoms with Crippen LogP contribution in [0, 0.1) is 4.77 Å². The van der Waals surface area contributed by atoms with E-state index in [9.17, 15) is 9.90 Å². The first-order valence-corrected chi connectivity index (χ1v) is 10.3. The molecule has 2 aromatic carbocycles. The van der Waals surface area contributed by atoms with Crippen LogP contribution in [0.2, 0.25) is 0 Å². The molecular weight excluding hydrogens is 406 g/mol. The summed E-state index contributed by atoms with van der Waals surface area (Å²) < 4.78 is 7.09. The van der Waals surface area contributed by atoms with Gasteiger partial charge in [0, 0.05) is 29.2 Å². The molecule has 0 unspecified atom stereocenters. The van der Waals surface area contributed by atoms with E-state index >= 15 is 0 Å². The molecule has 2 heterocycles. The standard InChI is InChI=1S/C21H19N3O3S2/c1-24-20(26)18(19(25)23-21(24)28)14-11-17(12-7-3-5-9-15(12)27-2)29-16-10-6-4-8-13(16)22-14/h3-10,17,26H,11H2,1-2H3,(H,23,25,28)/t17-/m1/s1. The molecule has 1 atom stereocenters. The van der Waals surface area contributed by atoms with Crippen LogP contribution >= 0.6 is 24.0 Å². The Morgan fingerprint density at radius 1 is 1.24 bits per heavy atom. The van der Waals surface area contributed by atoms with Gasteiger partial charge in [-0.2, -0.15) is 0 Å². The summed E-state index contributed by atoms with van der Waals surface area (Å²) in [4.78, 5) is 21.1. The fraction of sp³-hybridized carbons (Fsp3) is 0.190. The van der Waals surface area contributed by atoms with Gasteiger partial charge in [-0.05, 0) is 30.4 Å². The first kappa shape index (κ1) is 19.5. The van der Waals surface area contributed by atoms with Gasteiger partial charge < -0.3 is 9.84 Å². The van der Waals surface area contributed by atoms with Gasteiger partial charge in [0.2, 0.25) is 5.88 Å². The van der Waals surface area contributed by atoms with Crippen molar-refractivity contribution in [1.82, 2.24) is 9.55 Å². The van der Waals surface area contributed by atoms with Gasteiger partial charge in [-0.1, -0.05) is 30.3 Å². The van der Waals surface area contributed by atoms with Gasteiger partial charge in [-0.3, -0.25) is 19.3 Å². The molecule has 0 spiro atoms. The van der Waals surface area contributed by atoms with E-state index in [0.29, 0.717) is 12.1 Å². The summed E-state index contributed by atoms with van der Waals surface area (Å²) in [6.07, 6.45) is 0.438. The van der Waals surface area contributed by atoms with Crippen molar-refractivity contribution in [2.24, 2.45) is 12.0 Å². The van der Waals surface area contributed by atoms with E-state index in [0.717, 1.165) is 21.9 Å². The highest BCUT2D eigenvalue weighted by atomic mass is 32.2. The van der Waals surface area contributed by atoms with E-state index in [4.69, 9.17) is 21.9 Å². The van der Waals surface area contributed by atoms with Crippen LogP contribution in [-0.2, 0) is 7.05 Å². The van der Waals surface area contributed by atoms with Gasteiger partial charge in [0.25, 0.3) is 5.56 Å². The quantitative estimate of drug-likeness (QED) is 0.604. The highest BCUT2D eigenvalue weighted by molar-refractivity contribution is 7.99. The van der Waals surface area contributed by atoms with Crippen molar-refractivity contribution in [1.29, 1.82) is 0 Å². The number of hydrogen-bond acceptors (Lipinski definition) is 6. The zero-order chi connectivity index (χ0) is 20.5. The molecule has 8 heteroatoms. The number of fused-ring (bicyclic) bond motifs is 1. The molecule has 0 fully saturated rings. The molecule has 29 heavy (non-hydrogen) atoms. The largest absolute Gasteiger partial charge is 0.496 e. The molecule has 0 saturated carbocycles. The third-order valence-electron chi connectivity index (χ3n) is 4.84. The van der Waals surface area contributed by atoms with Gasteiger partial charge in [0.15, 0.2) is 4.77 Å². The van der Waals surface area contributed by atoms with Crippen molar-refractivity contribution >= 4 is 35.4 Å². The van der Waals surface area contributed by atoms with Crippen LogP contribution in [-0.4, -0.2) is 27.5 Å². The Labute approximate surface area is 176 Å². The Kier molecular flexibility index (Phi) is 5.29. The molecule has 0 aliphatic carbocycles. The van der Waals surface area contributed by atoms with Crippen LogP contribution in [0.15, 0.2) is 63.2 Å². The van der Waals surface area contributed by atoms with Crippen LogP contribution < -0.4 is 10.3 Å². The van der Waals surface area contributed by atoms with Crippen LogP contribution in [0.4, 0.5) is 5.69 Å². The van der Waals surface area contributed by atoms with Crippen LogP contribution in [0.5, 0.6) is 11.6 Å². The van der Waals surface area contributed by atoms with E-state index in [1.807, 2.05) is 48.5 Å². The third-order valence-corrected chi connectivity index (χ3v) is 6.52. The molecular formula is C21H19N3O3S2. The summed E-state index contributed by atoms with van der Waals surface area (Å²) in [6.45, 7) is 0. The average molecular weight is 426 g/mol. The van der Waals surface area contributed by atoms with Gasteiger partial charge in [-0.25, -0.2) is 0 Å². The summed E-state index contributed by atoms with van der Waals surface area (Å²) in [5, 5.41) is 10.6. The van der Waals surface area contributed by atoms with Gasteiger partial charge in [-0.15, -0.1) is 11.8 Å². The number of aromatic hydroxyl groups is 1. The lowest BCUT2D eigenvalue weighted by Crippen LogP contribution is -2.23. The summed E-state index contributed by atoms with van der Waals surface area (Å²) in [6, 6.07) is 15.6. The van der Waals surface area contributed by atoms with Crippen LogP contribution in [0.3, 0.4) is 0 Å². The third kappa shape index (κ3) is 3.61. The van der Waals surface area contributed by atoms with Gasteiger partial charge in [0.05, 0.1) is 18.5 Å². The Bertz CT molecular complexity index is 1230. The first-order chi connectivity index (χ1) is 14.0. The number of hydrogen-bond donors (Lipinski definition) is 2. The second-order valence-corrected chi connectivity index (χ2v) is 8.23. The van der Waals surface area contributed by atoms with E-state index in [1.54, 1.807) is 25.9 Å². The van der Waals surface area contributed by atoms with Crippen molar-refractivity contribution in [3.05, 3.63) is 74.8 Å². The number of nitrogens with zero attached hydrogens (tertiary/aromatic N) is 2. The van der Waals surface area contributed by atoms with E-state index in [2.05, 4.69) is 4.98 Å². The fourth-order valence-corrected chi connectivity index (χ4v) is 4.78. The Morgan fingerprint density at radius 3 is 2.76 bits per heavy atom. The molecule has 4 rings (SSSR count). The average Bonchev–Trinajstić information content (AvgIpc) is 2.91. The number of aliphatic imine (C=N–C) groups is 1. The topological polar surface area (TPSA) is 79.6 Å². The number of nitrogens with one attached hydrogen (secondary N) is 1. The lowest BCUT2D eigenvalue weighted by atomic mass is 10.0. The number of para-hydroxylation sites is 2. The van der Waals surface area contributed by atoms with Crippen molar-refractivity contribution < 1.29 is 9.84 Å². The first-order valence-electron chi connectivity index (χ1n) is 8.98. The minimum atomic E-state index is -0.451. The molecule has 1 aliphatic rings. The summed E-state index contributed by atoms with van der Waals surface area (Å²) in [5.74, 6) is 0.578. The zero-order valence-corrected chi connectivity index (χ0v) is 17.5.